The van der Waals surface area contributed by atoms with Gasteiger partial charge in [-0.3, -0.25) is 0 Å². The van der Waals surface area contributed by atoms with Gasteiger partial charge in [-0.05, 0) is 30.3 Å². The van der Waals surface area contributed by atoms with Crippen LogP contribution in [0.5, 0.6) is 0 Å². The van der Waals surface area contributed by atoms with E-state index in [9.17, 15) is 4.79 Å². The lowest BCUT2D eigenvalue weighted by molar-refractivity contribution is 0.0697. The molecule has 0 fully saturated rings. The molecule has 94 valence electrons. The summed E-state index contributed by atoms with van der Waals surface area (Å²) in [6, 6.07) is 9.56. The minimum atomic E-state index is -1.04. The quantitative estimate of drug-likeness (QED) is 0.897. The zero-order chi connectivity index (χ0) is 13.8. The smallest absolute Gasteiger partial charge is 0.335 e. The SMILES string of the molecule is N#Cc1cc(Nc2ccc(C(=O)O)cc2Cl)ccn1. The monoisotopic (exact) mass is 273 g/mol. The van der Waals surface area contributed by atoms with E-state index in [0.29, 0.717) is 11.4 Å². The minimum Gasteiger partial charge on any atom is -0.478 e. The molecule has 0 bridgehead atoms. The highest BCUT2D eigenvalue weighted by Crippen LogP contribution is 2.26. The van der Waals surface area contributed by atoms with Gasteiger partial charge in [-0.1, -0.05) is 11.6 Å². The molecule has 0 amide bonds. The van der Waals surface area contributed by atoms with Crippen molar-refractivity contribution in [2.75, 3.05) is 5.32 Å². The van der Waals surface area contributed by atoms with Gasteiger partial charge in [0.1, 0.15) is 11.8 Å². The Balaban J connectivity index is 2.28. The van der Waals surface area contributed by atoms with Gasteiger partial charge < -0.3 is 10.4 Å². The summed E-state index contributed by atoms with van der Waals surface area (Å²) in [6.45, 7) is 0. The molecule has 1 heterocycles. The molecule has 1 aromatic heterocycles. The highest BCUT2D eigenvalue weighted by molar-refractivity contribution is 6.33. The third-order valence-electron chi connectivity index (χ3n) is 2.37. The maximum Gasteiger partial charge on any atom is 0.335 e. The van der Waals surface area contributed by atoms with E-state index in [1.165, 1.54) is 18.3 Å². The van der Waals surface area contributed by atoms with Crippen molar-refractivity contribution in [3.63, 3.8) is 0 Å². The summed E-state index contributed by atoms with van der Waals surface area (Å²) in [5.41, 5.74) is 1.60. The zero-order valence-corrected chi connectivity index (χ0v) is 10.3. The highest BCUT2D eigenvalue weighted by atomic mass is 35.5. The fourth-order valence-corrected chi connectivity index (χ4v) is 1.70. The molecule has 0 aliphatic carbocycles. The average Bonchev–Trinajstić information content (AvgIpc) is 2.41. The number of carbonyl (C=O) groups is 1. The van der Waals surface area contributed by atoms with Crippen molar-refractivity contribution in [1.82, 2.24) is 4.98 Å². The van der Waals surface area contributed by atoms with Crippen LogP contribution in [0.4, 0.5) is 11.4 Å². The molecular formula is C13H8ClN3O2. The van der Waals surface area contributed by atoms with E-state index >= 15 is 0 Å². The molecule has 6 heteroatoms. The van der Waals surface area contributed by atoms with Gasteiger partial charge in [0.2, 0.25) is 0 Å². The first kappa shape index (κ1) is 12.9. The molecule has 2 rings (SSSR count). The number of aromatic nitrogens is 1. The Morgan fingerprint density at radius 2 is 2.16 bits per heavy atom. The molecule has 5 nitrogen and oxygen atoms in total. The van der Waals surface area contributed by atoms with Gasteiger partial charge in [0, 0.05) is 11.9 Å². The molecule has 0 unspecified atom stereocenters. The minimum absolute atomic E-state index is 0.114. The van der Waals surface area contributed by atoms with Crippen LogP contribution in [0.3, 0.4) is 0 Å². The number of nitrogens with one attached hydrogen (secondary N) is 1. The zero-order valence-electron chi connectivity index (χ0n) is 9.59. The van der Waals surface area contributed by atoms with Crippen LogP contribution in [0.1, 0.15) is 16.1 Å². The average molecular weight is 274 g/mol. The number of pyridine rings is 1. The van der Waals surface area contributed by atoms with Crippen molar-refractivity contribution in [3.8, 4) is 6.07 Å². The number of nitrogens with zero attached hydrogens (tertiary/aromatic N) is 2. The van der Waals surface area contributed by atoms with Crippen LogP contribution in [0, 0.1) is 11.3 Å². The fourth-order valence-electron chi connectivity index (χ4n) is 1.47. The Hall–Kier alpha value is -2.58. The maximum atomic E-state index is 10.8. The van der Waals surface area contributed by atoms with Crippen LogP contribution in [0.25, 0.3) is 0 Å². The van der Waals surface area contributed by atoms with Crippen LogP contribution in [0.2, 0.25) is 5.02 Å². The van der Waals surface area contributed by atoms with E-state index in [4.69, 9.17) is 22.0 Å². The van der Waals surface area contributed by atoms with Crippen LogP contribution in [0.15, 0.2) is 36.5 Å². The molecule has 2 aromatic rings. The summed E-state index contributed by atoms with van der Waals surface area (Å²) in [5.74, 6) is -1.04. The van der Waals surface area contributed by atoms with Crippen LogP contribution >= 0.6 is 11.6 Å². The Morgan fingerprint density at radius 1 is 1.37 bits per heavy atom. The summed E-state index contributed by atoms with van der Waals surface area (Å²) in [5, 5.41) is 20.9. The van der Waals surface area contributed by atoms with Crippen molar-refractivity contribution in [1.29, 1.82) is 5.26 Å². The second-order valence-corrected chi connectivity index (χ2v) is 4.07. The summed E-state index contributed by atoms with van der Waals surface area (Å²) >= 11 is 5.99. The molecular weight excluding hydrogens is 266 g/mol. The van der Waals surface area contributed by atoms with Gasteiger partial charge >= 0.3 is 5.97 Å². The van der Waals surface area contributed by atoms with Gasteiger partial charge in [0.25, 0.3) is 0 Å². The van der Waals surface area contributed by atoms with Crippen molar-refractivity contribution >= 4 is 28.9 Å². The number of rotatable bonds is 3. The Bertz CT molecular complexity index is 680. The molecule has 1 aromatic carbocycles. The highest BCUT2D eigenvalue weighted by Gasteiger charge is 2.07. The predicted molar refractivity (Wildman–Crippen MR) is 70.6 cm³/mol. The van der Waals surface area contributed by atoms with Gasteiger partial charge in [-0.25, -0.2) is 9.78 Å². The van der Waals surface area contributed by atoms with Crippen LogP contribution in [-0.4, -0.2) is 16.1 Å². The number of halogens is 1. The third kappa shape index (κ3) is 3.00. The Kier molecular flexibility index (Phi) is 3.64. The van der Waals surface area contributed by atoms with Crippen molar-refractivity contribution in [3.05, 3.63) is 52.8 Å². The molecule has 19 heavy (non-hydrogen) atoms. The number of nitriles is 1. The lowest BCUT2D eigenvalue weighted by Crippen LogP contribution is -1.98. The van der Waals surface area contributed by atoms with E-state index in [1.807, 2.05) is 6.07 Å². The summed E-state index contributed by atoms with van der Waals surface area (Å²) < 4.78 is 0. The first-order chi connectivity index (χ1) is 9.10. The Morgan fingerprint density at radius 3 is 2.79 bits per heavy atom. The molecule has 0 aliphatic rings. The van der Waals surface area contributed by atoms with Gasteiger partial charge in [-0.2, -0.15) is 5.26 Å². The number of hydrogen-bond donors (Lipinski definition) is 2. The second kappa shape index (κ2) is 5.38. The number of hydrogen-bond acceptors (Lipinski definition) is 4. The van der Waals surface area contributed by atoms with E-state index in [1.54, 1.807) is 18.2 Å². The predicted octanol–water partition coefficient (Wildman–Crippen LogP) is 3.05. The topological polar surface area (TPSA) is 86.0 Å². The number of anilines is 2. The van der Waals surface area contributed by atoms with Crippen LogP contribution in [-0.2, 0) is 0 Å². The second-order valence-electron chi connectivity index (χ2n) is 3.67. The molecule has 0 saturated heterocycles. The summed E-state index contributed by atoms with van der Waals surface area (Å²) in [7, 11) is 0. The normalized spacial score (nSPS) is 9.68. The lowest BCUT2D eigenvalue weighted by atomic mass is 10.2. The standard InChI is InChI=1S/C13H8ClN3O2/c14-11-5-8(13(18)19)1-2-12(11)17-9-3-4-16-10(6-9)7-15/h1-6H,(H,16,17)(H,18,19). The lowest BCUT2D eigenvalue weighted by Gasteiger charge is -2.08. The maximum absolute atomic E-state index is 10.8. The molecule has 0 spiro atoms. The molecule has 0 radical (unpaired) electrons. The van der Waals surface area contributed by atoms with Crippen molar-refractivity contribution < 1.29 is 9.90 Å². The number of aromatic carboxylic acids is 1. The van der Waals surface area contributed by atoms with E-state index in [-0.39, 0.29) is 16.3 Å². The largest absolute Gasteiger partial charge is 0.478 e. The van der Waals surface area contributed by atoms with Crippen molar-refractivity contribution in [2.24, 2.45) is 0 Å². The fraction of sp³-hybridized carbons (Fsp3) is 0. The van der Waals surface area contributed by atoms with Crippen molar-refractivity contribution in [2.45, 2.75) is 0 Å². The van der Waals surface area contributed by atoms with E-state index < -0.39 is 5.97 Å². The molecule has 2 N–H and O–H groups in total. The molecule has 0 saturated carbocycles. The molecule has 0 atom stereocenters. The first-order valence-corrected chi connectivity index (χ1v) is 5.64. The Labute approximate surface area is 114 Å². The van der Waals surface area contributed by atoms with Gasteiger partial charge in [-0.15, -0.1) is 0 Å². The van der Waals surface area contributed by atoms with Crippen LogP contribution < -0.4 is 5.32 Å². The number of carboxylic acid groups (broad SMARTS) is 1. The molecule has 0 aliphatic heterocycles. The van der Waals surface area contributed by atoms with Gasteiger partial charge in [0.15, 0.2) is 0 Å². The number of benzene rings is 1. The van der Waals surface area contributed by atoms with E-state index in [0.717, 1.165) is 0 Å². The first-order valence-electron chi connectivity index (χ1n) is 5.26. The van der Waals surface area contributed by atoms with Gasteiger partial charge in [0.05, 0.1) is 16.3 Å². The summed E-state index contributed by atoms with van der Waals surface area (Å²) in [4.78, 5) is 14.6. The third-order valence-corrected chi connectivity index (χ3v) is 2.68. The summed E-state index contributed by atoms with van der Waals surface area (Å²) in [6.07, 6.45) is 1.50. The number of carboxylic acids is 1. The van der Waals surface area contributed by atoms with E-state index in [2.05, 4.69) is 10.3 Å².